The fraction of sp³-hybridized carbons (Fsp3) is 0.320. The summed E-state index contributed by atoms with van der Waals surface area (Å²) in [4.78, 5) is 27.0. The molecular weight excluding hydrogens is 390 g/mol. The minimum absolute atomic E-state index is 0.0391. The number of amides is 1. The standard InChI is InChI=1S/C25H27N3O3/c1-15(2)27-14-20(28-23(25(27)31)24(30)21(29)13-26-28)22(18-9-5-7-16(3)11-18)19-10-6-8-17(4)12-19/h5-13,15,20,22,30H,14H2,1-4H3. The number of hydrogen-bond acceptors (Lipinski definition) is 4. The van der Waals surface area contributed by atoms with Gasteiger partial charge in [0.25, 0.3) is 5.91 Å². The van der Waals surface area contributed by atoms with E-state index in [1.165, 1.54) is 0 Å². The van der Waals surface area contributed by atoms with Crippen molar-refractivity contribution in [1.29, 1.82) is 0 Å². The number of fused-ring (bicyclic) bond motifs is 1. The van der Waals surface area contributed by atoms with Crippen LogP contribution in [0.15, 0.2) is 59.5 Å². The number of carbonyl (C=O) groups is 1. The topological polar surface area (TPSA) is 75.4 Å². The van der Waals surface area contributed by atoms with Crippen LogP contribution in [0.5, 0.6) is 5.75 Å². The summed E-state index contributed by atoms with van der Waals surface area (Å²) >= 11 is 0. The molecule has 6 heteroatoms. The Hall–Kier alpha value is -3.41. The maximum absolute atomic E-state index is 13.1. The van der Waals surface area contributed by atoms with Crippen molar-refractivity contribution in [3.05, 3.63) is 92.9 Å². The van der Waals surface area contributed by atoms with Crippen LogP contribution >= 0.6 is 0 Å². The first-order valence-electron chi connectivity index (χ1n) is 10.5. The van der Waals surface area contributed by atoms with Crippen molar-refractivity contribution in [2.24, 2.45) is 0 Å². The predicted molar refractivity (Wildman–Crippen MR) is 120 cm³/mol. The van der Waals surface area contributed by atoms with Crippen molar-refractivity contribution < 1.29 is 9.90 Å². The third-order valence-electron chi connectivity index (χ3n) is 5.96. The van der Waals surface area contributed by atoms with Crippen LogP contribution in [-0.2, 0) is 0 Å². The molecule has 1 amide bonds. The Balaban J connectivity index is 1.98. The van der Waals surface area contributed by atoms with E-state index >= 15 is 0 Å². The molecule has 6 nitrogen and oxygen atoms in total. The summed E-state index contributed by atoms with van der Waals surface area (Å²) in [5, 5.41) is 14.8. The van der Waals surface area contributed by atoms with E-state index in [1.54, 1.807) is 9.58 Å². The Bertz CT molecular complexity index is 1150. The highest BCUT2D eigenvalue weighted by molar-refractivity contribution is 5.96. The fourth-order valence-corrected chi connectivity index (χ4v) is 4.46. The number of rotatable bonds is 4. The van der Waals surface area contributed by atoms with Crippen molar-refractivity contribution in [2.45, 2.75) is 45.7 Å². The van der Waals surface area contributed by atoms with E-state index in [1.807, 2.05) is 26.0 Å². The lowest BCUT2D eigenvalue weighted by atomic mass is 9.82. The summed E-state index contributed by atoms with van der Waals surface area (Å²) < 4.78 is 1.55. The van der Waals surface area contributed by atoms with Crippen LogP contribution in [-0.4, -0.2) is 38.3 Å². The van der Waals surface area contributed by atoms with Gasteiger partial charge in [-0.05, 0) is 38.8 Å². The molecule has 160 valence electrons. The van der Waals surface area contributed by atoms with Crippen molar-refractivity contribution in [1.82, 2.24) is 14.7 Å². The molecule has 0 radical (unpaired) electrons. The zero-order valence-electron chi connectivity index (χ0n) is 18.2. The Kier molecular flexibility index (Phi) is 5.39. The third-order valence-corrected chi connectivity index (χ3v) is 5.96. The first-order valence-corrected chi connectivity index (χ1v) is 10.5. The van der Waals surface area contributed by atoms with E-state index in [-0.39, 0.29) is 29.6 Å². The fourth-order valence-electron chi connectivity index (χ4n) is 4.46. The number of benzene rings is 2. The summed E-state index contributed by atoms with van der Waals surface area (Å²) in [5.74, 6) is -1.04. The highest BCUT2D eigenvalue weighted by Gasteiger charge is 2.40. The van der Waals surface area contributed by atoms with Gasteiger partial charge in [0.05, 0.1) is 12.2 Å². The van der Waals surface area contributed by atoms with Gasteiger partial charge in [-0.1, -0.05) is 59.7 Å². The molecule has 0 saturated carbocycles. The number of hydrogen-bond donors (Lipinski definition) is 1. The molecule has 2 aromatic carbocycles. The van der Waals surface area contributed by atoms with Gasteiger partial charge in [0, 0.05) is 18.5 Å². The summed E-state index contributed by atoms with van der Waals surface area (Å²) in [6.45, 7) is 8.40. The van der Waals surface area contributed by atoms with Crippen molar-refractivity contribution in [3.8, 4) is 5.75 Å². The van der Waals surface area contributed by atoms with Crippen LogP contribution in [0.25, 0.3) is 0 Å². The number of aryl methyl sites for hydroxylation is 2. The Morgan fingerprint density at radius 3 is 2.10 bits per heavy atom. The first-order chi connectivity index (χ1) is 14.8. The molecule has 1 N–H and O–H groups in total. The second kappa shape index (κ2) is 8.02. The normalized spacial score (nSPS) is 16.1. The molecule has 0 spiro atoms. The Labute approximate surface area is 181 Å². The molecule has 0 fully saturated rings. The summed E-state index contributed by atoms with van der Waals surface area (Å²) in [6.07, 6.45) is 1.09. The van der Waals surface area contributed by atoms with Gasteiger partial charge in [-0.15, -0.1) is 0 Å². The van der Waals surface area contributed by atoms with Crippen LogP contribution in [0.4, 0.5) is 0 Å². The number of carbonyl (C=O) groups excluding carboxylic acids is 1. The lowest BCUT2D eigenvalue weighted by Crippen LogP contribution is -2.49. The minimum Gasteiger partial charge on any atom is -0.502 e. The second-order valence-electron chi connectivity index (χ2n) is 8.58. The van der Waals surface area contributed by atoms with Gasteiger partial charge in [-0.3, -0.25) is 14.3 Å². The van der Waals surface area contributed by atoms with E-state index in [2.05, 4.69) is 55.3 Å². The van der Waals surface area contributed by atoms with Crippen LogP contribution in [0.3, 0.4) is 0 Å². The van der Waals surface area contributed by atoms with E-state index in [0.29, 0.717) is 6.54 Å². The number of aromatic hydroxyl groups is 1. The van der Waals surface area contributed by atoms with E-state index in [0.717, 1.165) is 28.5 Å². The minimum atomic E-state index is -0.647. The lowest BCUT2D eigenvalue weighted by molar-refractivity contribution is 0.0570. The third kappa shape index (κ3) is 3.74. The molecule has 1 atom stereocenters. The smallest absolute Gasteiger partial charge is 0.276 e. The van der Waals surface area contributed by atoms with Crippen LogP contribution in [0.1, 0.15) is 58.5 Å². The number of nitrogens with zero attached hydrogens (tertiary/aromatic N) is 3. The highest BCUT2D eigenvalue weighted by atomic mass is 16.3. The van der Waals surface area contributed by atoms with Crippen LogP contribution in [0, 0.1) is 13.8 Å². The summed E-state index contributed by atoms with van der Waals surface area (Å²) in [5.41, 5.74) is 3.78. The molecule has 2 heterocycles. The van der Waals surface area contributed by atoms with Crippen molar-refractivity contribution in [2.75, 3.05) is 6.54 Å². The Morgan fingerprint density at radius 2 is 1.58 bits per heavy atom. The SMILES string of the molecule is Cc1cccc(C(c2cccc(C)c2)C2CN(C(C)C)C(=O)c3c(O)c(=O)cnn32)c1. The quantitative estimate of drug-likeness (QED) is 0.701. The zero-order chi connectivity index (χ0) is 22.3. The molecule has 1 aromatic heterocycles. The molecule has 1 unspecified atom stereocenters. The van der Waals surface area contributed by atoms with Crippen LogP contribution < -0.4 is 5.43 Å². The largest absolute Gasteiger partial charge is 0.502 e. The molecule has 1 aliphatic heterocycles. The van der Waals surface area contributed by atoms with Gasteiger partial charge in [-0.25, -0.2) is 0 Å². The van der Waals surface area contributed by atoms with Gasteiger partial charge in [-0.2, -0.15) is 5.10 Å². The van der Waals surface area contributed by atoms with Crippen molar-refractivity contribution in [3.63, 3.8) is 0 Å². The average molecular weight is 418 g/mol. The first kappa shape index (κ1) is 20.8. The lowest BCUT2D eigenvalue weighted by Gasteiger charge is -2.41. The molecule has 0 saturated heterocycles. The van der Waals surface area contributed by atoms with Crippen LogP contribution in [0.2, 0.25) is 0 Å². The molecule has 1 aliphatic rings. The average Bonchev–Trinajstić information content (AvgIpc) is 2.72. The van der Waals surface area contributed by atoms with Gasteiger partial charge in [0.1, 0.15) is 0 Å². The van der Waals surface area contributed by atoms with Gasteiger partial charge >= 0.3 is 0 Å². The molecular formula is C25H27N3O3. The second-order valence-corrected chi connectivity index (χ2v) is 8.58. The number of aromatic nitrogens is 2. The monoisotopic (exact) mass is 417 g/mol. The summed E-state index contributed by atoms with van der Waals surface area (Å²) in [7, 11) is 0. The molecule has 4 rings (SSSR count). The molecule has 31 heavy (non-hydrogen) atoms. The maximum Gasteiger partial charge on any atom is 0.276 e. The van der Waals surface area contributed by atoms with E-state index in [4.69, 9.17) is 0 Å². The van der Waals surface area contributed by atoms with E-state index in [9.17, 15) is 14.7 Å². The van der Waals surface area contributed by atoms with Crippen molar-refractivity contribution >= 4 is 5.91 Å². The predicted octanol–water partition coefficient (Wildman–Crippen LogP) is 3.80. The summed E-state index contributed by atoms with van der Waals surface area (Å²) in [6, 6.07) is 16.2. The van der Waals surface area contributed by atoms with Gasteiger partial charge < -0.3 is 10.0 Å². The van der Waals surface area contributed by atoms with E-state index < -0.39 is 11.2 Å². The zero-order valence-corrected chi connectivity index (χ0v) is 18.2. The van der Waals surface area contributed by atoms with Gasteiger partial charge in [0.15, 0.2) is 11.4 Å². The molecule has 3 aromatic rings. The Morgan fingerprint density at radius 1 is 1.00 bits per heavy atom. The maximum atomic E-state index is 13.1. The molecule has 0 bridgehead atoms. The van der Waals surface area contributed by atoms with Gasteiger partial charge in [0.2, 0.25) is 5.43 Å². The molecule has 0 aliphatic carbocycles. The highest BCUT2D eigenvalue weighted by Crippen LogP contribution is 2.40.